The maximum Gasteiger partial charge on any atom is 0.240 e. The lowest BCUT2D eigenvalue weighted by Gasteiger charge is -2.34. The molecule has 0 unspecified atom stereocenters. The van der Waals surface area contributed by atoms with Crippen LogP contribution in [0.4, 0.5) is 0 Å². The normalized spacial score (nSPS) is 23.0. The number of hydrogen-bond donors (Lipinski definition) is 0. The molecule has 2 aliphatic heterocycles. The van der Waals surface area contributed by atoms with Crippen LogP contribution in [0.3, 0.4) is 0 Å². The molecule has 1 atom stereocenters. The Hall–Kier alpha value is -1.40. The summed E-state index contributed by atoms with van der Waals surface area (Å²) >= 11 is 1.83. The molecule has 23 heavy (non-hydrogen) atoms. The highest BCUT2D eigenvalue weighted by atomic mass is 32.2. The van der Waals surface area contributed by atoms with E-state index >= 15 is 0 Å². The second-order valence-corrected chi connectivity index (χ2v) is 7.07. The second-order valence-electron chi connectivity index (χ2n) is 6.07. The Kier molecular flexibility index (Phi) is 5.33. The van der Waals surface area contributed by atoms with Gasteiger partial charge in [-0.1, -0.05) is 12.1 Å². The lowest BCUT2D eigenvalue weighted by molar-refractivity contribution is -0.136. The molecular weight excluding hydrogens is 312 g/mol. The first-order chi connectivity index (χ1) is 11.2. The minimum Gasteiger partial charge on any atom is -0.493 e. The van der Waals surface area contributed by atoms with Gasteiger partial charge in [0, 0.05) is 37.6 Å². The third-order valence-electron chi connectivity index (χ3n) is 4.50. The van der Waals surface area contributed by atoms with Crippen molar-refractivity contribution in [3.63, 3.8) is 0 Å². The number of thioether (sulfide) groups is 1. The summed E-state index contributed by atoms with van der Waals surface area (Å²) in [6.45, 7) is 1.54. The van der Waals surface area contributed by atoms with Gasteiger partial charge in [-0.3, -0.25) is 9.69 Å². The van der Waals surface area contributed by atoms with Crippen molar-refractivity contribution in [2.45, 2.75) is 25.0 Å². The van der Waals surface area contributed by atoms with Crippen LogP contribution in [-0.2, 0) is 4.79 Å². The molecule has 0 bridgehead atoms. The van der Waals surface area contributed by atoms with Crippen molar-refractivity contribution >= 4 is 17.7 Å². The first-order valence-corrected chi connectivity index (χ1v) is 9.21. The van der Waals surface area contributed by atoms with Gasteiger partial charge in [0.25, 0.3) is 0 Å². The van der Waals surface area contributed by atoms with Crippen molar-refractivity contribution < 1.29 is 14.3 Å². The molecule has 6 heteroatoms. The molecule has 2 fully saturated rings. The van der Waals surface area contributed by atoms with Crippen LogP contribution in [0.25, 0.3) is 0 Å². The van der Waals surface area contributed by atoms with Gasteiger partial charge in [-0.25, -0.2) is 0 Å². The van der Waals surface area contributed by atoms with E-state index in [1.54, 1.807) is 7.11 Å². The number of piperidine rings is 1. The highest BCUT2D eigenvalue weighted by molar-refractivity contribution is 7.99. The lowest BCUT2D eigenvalue weighted by Crippen LogP contribution is -2.49. The molecule has 1 amide bonds. The first-order valence-electron chi connectivity index (χ1n) is 8.05. The molecular formula is C17H24N2O3S. The number of para-hydroxylation sites is 2. The Balaban J connectivity index is 1.53. The van der Waals surface area contributed by atoms with Crippen molar-refractivity contribution in [1.82, 2.24) is 9.80 Å². The van der Waals surface area contributed by atoms with Crippen LogP contribution in [-0.4, -0.2) is 66.7 Å². The zero-order valence-corrected chi connectivity index (χ0v) is 14.6. The molecule has 0 saturated carbocycles. The summed E-state index contributed by atoms with van der Waals surface area (Å²) in [4.78, 5) is 16.7. The average Bonchev–Trinajstić information content (AvgIpc) is 3.01. The van der Waals surface area contributed by atoms with E-state index in [1.165, 1.54) is 0 Å². The molecule has 0 aromatic heterocycles. The number of hydrogen-bond acceptors (Lipinski definition) is 5. The van der Waals surface area contributed by atoms with Crippen molar-refractivity contribution in [1.29, 1.82) is 0 Å². The predicted octanol–water partition coefficient (Wildman–Crippen LogP) is 2.07. The van der Waals surface area contributed by atoms with E-state index in [1.807, 2.05) is 48.0 Å². The fraction of sp³-hybridized carbons (Fsp3) is 0.588. The maximum absolute atomic E-state index is 12.6. The Morgan fingerprint density at radius 1 is 1.22 bits per heavy atom. The third kappa shape index (κ3) is 3.75. The molecule has 0 N–H and O–H groups in total. The van der Waals surface area contributed by atoms with E-state index in [4.69, 9.17) is 9.47 Å². The van der Waals surface area contributed by atoms with E-state index in [0.29, 0.717) is 0 Å². The Morgan fingerprint density at radius 3 is 2.52 bits per heavy atom. The van der Waals surface area contributed by atoms with Crippen molar-refractivity contribution in [2.75, 3.05) is 38.9 Å². The zero-order valence-electron chi connectivity index (χ0n) is 13.7. The summed E-state index contributed by atoms with van der Waals surface area (Å²) in [5.74, 6) is 3.67. The van der Waals surface area contributed by atoms with Gasteiger partial charge >= 0.3 is 0 Å². The van der Waals surface area contributed by atoms with Gasteiger partial charge in [-0.15, -0.1) is 11.8 Å². The smallest absolute Gasteiger partial charge is 0.240 e. The summed E-state index contributed by atoms with van der Waals surface area (Å²) < 4.78 is 11.4. The van der Waals surface area contributed by atoms with Gasteiger partial charge < -0.3 is 14.4 Å². The summed E-state index contributed by atoms with van der Waals surface area (Å²) in [7, 11) is 3.68. The van der Waals surface area contributed by atoms with E-state index in [-0.39, 0.29) is 18.1 Å². The standard InChI is InChI=1S/C17H24N2O3S/c1-18-12-23-11-14(18)17(20)19-9-7-13(8-10-19)22-16-6-4-3-5-15(16)21-2/h3-6,13-14H,7-12H2,1-2H3/t14-/m0/s1. The number of carbonyl (C=O) groups excluding carboxylic acids is 1. The lowest BCUT2D eigenvalue weighted by atomic mass is 10.1. The van der Waals surface area contributed by atoms with Gasteiger partial charge in [0.1, 0.15) is 6.10 Å². The monoisotopic (exact) mass is 336 g/mol. The number of benzene rings is 1. The number of rotatable bonds is 4. The average molecular weight is 336 g/mol. The number of methoxy groups -OCH3 is 1. The van der Waals surface area contributed by atoms with Crippen molar-refractivity contribution in [2.24, 2.45) is 0 Å². The zero-order chi connectivity index (χ0) is 16.2. The Morgan fingerprint density at radius 2 is 1.91 bits per heavy atom. The van der Waals surface area contributed by atoms with Gasteiger partial charge in [0.2, 0.25) is 5.91 Å². The van der Waals surface area contributed by atoms with Crippen LogP contribution in [0, 0.1) is 0 Å². The van der Waals surface area contributed by atoms with Crippen LogP contribution >= 0.6 is 11.8 Å². The molecule has 0 radical (unpaired) electrons. The summed E-state index contributed by atoms with van der Waals surface area (Å²) in [5.41, 5.74) is 0. The largest absolute Gasteiger partial charge is 0.493 e. The van der Waals surface area contributed by atoms with E-state index < -0.39 is 0 Å². The van der Waals surface area contributed by atoms with Crippen LogP contribution in [0.1, 0.15) is 12.8 Å². The molecule has 126 valence electrons. The van der Waals surface area contributed by atoms with Crippen molar-refractivity contribution in [3.8, 4) is 11.5 Å². The Labute approximate surface area is 141 Å². The number of likely N-dealkylation sites (N-methyl/N-ethyl adjacent to an activating group) is 1. The van der Waals surface area contributed by atoms with Gasteiger partial charge in [-0.2, -0.15) is 0 Å². The second kappa shape index (κ2) is 7.45. The van der Waals surface area contributed by atoms with Crippen LogP contribution in [0.15, 0.2) is 24.3 Å². The molecule has 5 nitrogen and oxygen atoms in total. The molecule has 0 aliphatic carbocycles. The van der Waals surface area contributed by atoms with E-state index in [9.17, 15) is 4.79 Å². The minimum atomic E-state index is 0.0479. The first kappa shape index (κ1) is 16.5. The van der Waals surface area contributed by atoms with Crippen LogP contribution in [0.5, 0.6) is 11.5 Å². The van der Waals surface area contributed by atoms with Gasteiger partial charge in [0.15, 0.2) is 11.5 Å². The number of carbonyl (C=O) groups is 1. The Bertz CT molecular complexity index is 546. The number of likely N-dealkylation sites (tertiary alicyclic amines) is 1. The highest BCUT2D eigenvalue weighted by Gasteiger charge is 2.34. The molecule has 0 spiro atoms. The molecule has 2 heterocycles. The molecule has 3 rings (SSSR count). The fourth-order valence-electron chi connectivity index (χ4n) is 3.09. The van der Waals surface area contributed by atoms with Crippen LogP contribution in [0.2, 0.25) is 0 Å². The number of nitrogens with zero attached hydrogens (tertiary/aromatic N) is 2. The quantitative estimate of drug-likeness (QED) is 0.842. The number of ether oxygens (including phenoxy) is 2. The summed E-state index contributed by atoms with van der Waals surface area (Å²) in [6.07, 6.45) is 1.88. The van der Waals surface area contributed by atoms with E-state index in [2.05, 4.69) is 4.90 Å². The van der Waals surface area contributed by atoms with Crippen molar-refractivity contribution in [3.05, 3.63) is 24.3 Å². The maximum atomic E-state index is 12.6. The fourth-order valence-corrected chi connectivity index (χ4v) is 4.28. The van der Waals surface area contributed by atoms with Gasteiger partial charge in [-0.05, 0) is 19.2 Å². The predicted molar refractivity (Wildman–Crippen MR) is 92.1 cm³/mol. The third-order valence-corrected chi connectivity index (χ3v) is 5.65. The number of amides is 1. The molecule has 2 aliphatic rings. The summed E-state index contributed by atoms with van der Waals surface area (Å²) in [6, 6.07) is 7.77. The SMILES string of the molecule is COc1ccccc1OC1CCN(C(=O)[C@@H]2CSCN2C)CC1. The van der Waals surface area contributed by atoms with E-state index in [0.717, 1.165) is 49.1 Å². The highest BCUT2D eigenvalue weighted by Crippen LogP contribution is 2.29. The topological polar surface area (TPSA) is 42.0 Å². The van der Waals surface area contributed by atoms with Crippen LogP contribution < -0.4 is 9.47 Å². The molecule has 2 saturated heterocycles. The van der Waals surface area contributed by atoms with Gasteiger partial charge in [0.05, 0.1) is 13.2 Å². The summed E-state index contributed by atoms with van der Waals surface area (Å²) in [5, 5.41) is 0. The molecule has 1 aromatic carbocycles. The molecule has 1 aromatic rings. The minimum absolute atomic E-state index is 0.0479.